The number of halogens is 1. The van der Waals surface area contributed by atoms with Crippen molar-refractivity contribution in [3.8, 4) is 0 Å². The third-order valence-corrected chi connectivity index (χ3v) is 3.43. The van der Waals surface area contributed by atoms with Crippen molar-refractivity contribution in [3.05, 3.63) is 56.7 Å². The Morgan fingerprint density at radius 3 is 2.80 bits per heavy atom. The van der Waals surface area contributed by atoms with Crippen LogP contribution < -0.4 is 0 Å². The fourth-order valence-corrected chi connectivity index (χ4v) is 2.44. The number of carbonyl (C=O) groups is 1. The minimum absolute atomic E-state index is 0.166. The highest BCUT2D eigenvalue weighted by Gasteiger charge is 2.07. The molecule has 0 radical (unpaired) electrons. The minimum Gasteiger partial charge on any atom is -0.294 e. The summed E-state index contributed by atoms with van der Waals surface area (Å²) >= 11 is 4.98. The average Bonchev–Trinajstić information content (AvgIpc) is 2.70. The second kappa shape index (κ2) is 4.73. The molecule has 76 valence electrons. The molecule has 0 aliphatic heterocycles. The number of thiophene rings is 1. The summed E-state index contributed by atoms with van der Waals surface area (Å²) in [5, 5.41) is 1.99. The van der Waals surface area contributed by atoms with Crippen molar-refractivity contribution in [2.75, 3.05) is 0 Å². The normalized spacial score (nSPS) is 10.2. The predicted octanol–water partition coefficient (Wildman–Crippen LogP) is 3.94. The molecule has 1 aromatic heterocycles. The van der Waals surface area contributed by atoms with E-state index in [1.165, 1.54) is 0 Å². The van der Waals surface area contributed by atoms with Gasteiger partial charge in [-0.3, -0.25) is 4.79 Å². The highest BCUT2D eigenvalue weighted by molar-refractivity contribution is 9.10. The van der Waals surface area contributed by atoms with Crippen LogP contribution in [0.3, 0.4) is 0 Å². The van der Waals surface area contributed by atoms with E-state index in [2.05, 4.69) is 15.9 Å². The molecular formula is C12H9BrOS. The molecule has 0 amide bonds. The number of benzene rings is 1. The Morgan fingerprint density at radius 2 is 2.13 bits per heavy atom. The smallest absolute Gasteiger partial charge is 0.168 e. The molecule has 0 atom stereocenters. The van der Waals surface area contributed by atoms with E-state index in [4.69, 9.17) is 0 Å². The fraction of sp³-hybridized carbons (Fsp3) is 0.0833. The molecule has 0 unspecified atom stereocenters. The van der Waals surface area contributed by atoms with Gasteiger partial charge in [-0.05, 0) is 23.6 Å². The van der Waals surface area contributed by atoms with Crippen LogP contribution >= 0.6 is 27.3 Å². The maximum Gasteiger partial charge on any atom is 0.168 e. The van der Waals surface area contributed by atoms with E-state index in [1.807, 2.05) is 41.8 Å². The number of hydrogen-bond acceptors (Lipinski definition) is 2. The molecule has 0 fully saturated rings. The summed E-state index contributed by atoms with van der Waals surface area (Å²) in [6.07, 6.45) is 0.494. The highest BCUT2D eigenvalue weighted by Crippen LogP contribution is 2.16. The summed E-state index contributed by atoms with van der Waals surface area (Å²) in [4.78, 5) is 13.0. The number of hydrogen-bond donors (Lipinski definition) is 0. The molecule has 2 rings (SSSR count). The van der Waals surface area contributed by atoms with Crippen LogP contribution in [0.25, 0.3) is 0 Å². The molecule has 0 spiro atoms. The second-order valence-electron chi connectivity index (χ2n) is 3.19. The molecule has 0 saturated heterocycles. The maximum absolute atomic E-state index is 11.9. The minimum atomic E-state index is 0.166. The number of Topliss-reactive ketones (excluding diaryl/α,β-unsaturated/α-hetero) is 1. The zero-order valence-corrected chi connectivity index (χ0v) is 10.3. The lowest BCUT2D eigenvalue weighted by molar-refractivity contribution is 0.0994. The molecule has 3 heteroatoms. The summed E-state index contributed by atoms with van der Waals surface area (Å²) in [5.74, 6) is 0.166. The molecule has 0 bridgehead atoms. The molecule has 1 aromatic carbocycles. The Bertz CT molecular complexity index is 462. The predicted molar refractivity (Wildman–Crippen MR) is 66.5 cm³/mol. The van der Waals surface area contributed by atoms with Crippen LogP contribution in [0.4, 0.5) is 0 Å². The Labute approximate surface area is 101 Å². The summed E-state index contributed by atoms with van der Waals surface area (Å²) in [5.41, 5.74) is 0.762. The average molecular weight is 281 g/mol. The molecule has 2 aromatic rings. The zero-order valence-electron chi connectivity index (χ0n) is 7.94. The van der Waals surface area contributed by atoms with Gasteiger partial charge in [-0.25, -0.2) is 0 Å². The first kappa shape index (κ1) is 10.6. The first-order valence-electron chi connectivity index (χ1n) is 4.57. The van der Waals surface area contributed by atoms with Gasteiger partial charge in [0.05, 0.1) is 0 Å². The first-order valence-corrected chi connectivity index (χ1v) is 6.24. The Morgan fingerprint density at radius 1 is 1.27 bits per heavy atom. The third kappa shape index (κ3) is 2.76. The van der Waals surface area contributed by atoms with E-state index in [0.717, 1.165) is 14.9 Å². The van der Waals surface area contributed by atoms with Crippen LogP contribution in [-0.4, -0.2) is 5.78 Å². The maximum atomic E-state index is 11.9. The van der Waals surface area contributed by atoms with Crippen LogP contribution in [0.2, 0.25) is 0 Å². The lowest BCUT2D eigenvalue weighted by Gasteiger charge is -1.99. The summed E-state index contributed by atoms with van der Waals surface area (Å²) in [7, 11) is 0. The van der Waals surface area contributed by atoms with Crippen LogP contribution in [0.5, 0.6) is 0 Å². The quantitative estimate of drug-likeness (QED) is 0.779. The van der Waals surface area contributed by atoms with E-state index in [0.29, 0.717) is 6.42 Å². The van der Waals surface area contributed by atoms with E-state index in [9.17, 15) is 4.79 Å². The first-order chi connectivity index (χ1) is 7.25. The van der Waals surface area contributed by atoms with E-state index >= 15 is 0 Å². The Balaban J connectivity index is 2.15. The Hall–Kier alpha value is -0.930. The molecule has 15 heavy (non-hydrogen) atoms. The van der Waals surface area contributed by atoms with Crippen molar-refractivity contribution < 1.29 is 4.79 Å². The van der Waals surface area contributed by atoms with Gasteiger partial charge in [-0.2, -0.15) is 0 Å². The molecule has 0 saturated carbocycles. The lowest BCUT2D eigenvalue weighted by Crippen LogP contribution is -2.01. The van der Waals surface area contributed by atoms with Crippen LogP contribution in [-0.2, 0) is 6.42 Å². The third-order valence-electron chi connectivity index (χ3n) is 2.06. The zero-order chi connectivity index (χ0) is 10.7. The molecule has 0 N–H and O–H groups in total. The number of rotatable bonds is 3. The summed E-state index contributed by atoms with van der Waals surface area (Å²) < 4.78 is 0.944. The van der Waals surface area contributed by atoms with Gasteiger partial charge in [0.2, 0.25) is 0 Å². The van der Waals surface area contributed by atoms with Crippen LogP contribution in [0, 0.1) is 0 Å². The van der Waals surface area contributed by atoms with Gasteiger partial charge in [0, 0.05) is 21.3 Å². The molecule has 0 aliphatic carbocycles. The van der Waals surface area contributed by atoms with Crippen molar-refractivity contribution >= 4 is 33.0 Å². The van der Waals surface area contributed by atoms with Crippen molar-refractivity contribution in [1.29, 1.82) is 0 Å². The van der Waals surface area contributed by atoms with Crippen molar-refractivity contribution in [2.24, 2.45) is 0 Å². The van der Waals surface area contributed by atoms with Crippen LogP contribution in [0.1, 0.15) is 15.2 Å². The van der Waals surface area contributed by atoms with E-state index in [-0.39, 0.29) is 5.78 Å². The van der Waals surface area contributed by atoms with E-state index in [1.54, 1.807) is 11.3 Å². The number of ketones is 1. The van der Waals surface area contributed by atoms with E-state index < -0.39 is 0 Å². The summed E-state index contributed by atoms with van der Waals surface area (Å²) in [6.45, 7) is 0. The summed E-state index contributed by atoms with van der Waals surface area (Å²) in [6, 6.07) is 11.5. The van der Waals surface area contributed by atoms with Gasteiger partial charge in [0.25, 0.3) is 0 Å². The second-order valence-corrected chi connectivity index (χ2v) is 5.14. The van der Waals surface area contributed by atoms with Crippen LogP contribution in [0.15, 0.2) is 46.3 Å². The molecule has 1 nitrogen and oxygen atoms in total. The van der Waals surface area contributed by atoms with Gasteiger partial charge < -0.3 is 0 Å². The molecule has 0 aliphatic rings. The SMILES string of the molecule is O=C(Cc1cccs1)c1cccc(Br)c1. The molecular weight excluding hydrogens is 272 g/mol. The Kier molecular flexibility index (Phi) is 3.34. The fourth-order valence-electron chi connectivity index (χ4n) is 1.34. The monoisotopic (exact) mass is 280 g/mol. The van der Waals surface area contributed by atoms with Crippen molar-refractivity contribution in [3.63, 3.8) is 0 Å². The van der Waals surface area contributed by atoms with Gasteiger partial charge in [-0.1, -0.05) is 34.1 Å². The van der Waals surface area contributed by atoms with Crippen molar-refractivity contribution in [2.45, 2.75) is 6.42 Å². The van der Waals surface area contributed by atoms with Gasteiger partial charge in [0.15, 0.2) is 5.78 Å². The molecule has 1 heterocycles. The van der Waals surface area contributed by atoms with Crippen molar-refractivity contribution in [1.82, 2.24) is 0 Å². The van der Waals surface area contributed by atoms with Gasteiger partial charge in [-0.15, -0.1) is 11.3 Å². The largest absolute Gasteiger partial charge is 0.294 e. The topological polar surface area (TPSA) is 17.1 Å². The van der Waals surface area contributed by atoms with Gasteiger partial charge in [0.1, 0.15) is 0 Å². The number of carbonyl (C=O) groups excluding carboxylic acids is 1. The van der Waals surface area contributed by atoms with Gasteiger partial charge >= 0.3 is 0 Å². The standard InChI is InChI=1S/C12H9BrOS/c13-10-4-1-3-9(7-10)12(14)8-11-5-2-6-15-11/h1-7H,8H2. The highest BCUT2D eigenvalue weighted by atomic mass is 79.9. The lowest BCUT2D eigenvalue weighted by atomic mass is 10.1.